The number of hydrogen-bond donors (Lipinski definition) is 1. The van der Waals surface area contributed by atoms with E-state index in [1.54, 1.807) is 18.5 Å². The summed E-state index contributed by atoms with van der Waals surface area (Å²) in [6.45, 7) is 0. The fourth-order valence-electron chi connectivity index (χ4n) is 2.15. The predicted octanol–water partition coefficient (Wildman–Crippen LogP) is 3.42. The number of aromatic nitrogens is 1. The Labute approximate surface area is 119 Å². The molecule has 0 saturated heterocycles. The number of rotatable bonds is 2. The average molecular weight is 315 g/mol. The summed E-state index contributed by atoms with van der Waals surface area (Å²) in [6.07, 6.45) is 6.08. The van der Waals surface area contributed by atoms with Crippen molar-refractivity contribution in [2.45, 2.75) is 6.42 Å². The summed E-state index contributed by atoms with van der Waals surface area (Å²) in [5.74, 6) is -0.0927. The van der Waals surface area contributed by atoms with Crippen LogP contribution in [0.2, 0.25) is 0 Å². The molecule has 0 aliphatic heterocycles. The number of halogens is 1. The highest BCUT2D eigenvalue weighted by atomic mass is 79.9. The lowest BCUT2D eigenvalue weighted by atomic mass is 10.1. The van der Waals surface area contributed by atoms with Gasteiger partial charge in [0, 0.05) is 16.2 Å². The highest BCUT2D eigenvalue weighted by molar-refractivity contribution is 9.10. The third kappa shape index (κ3) is 2.44. The third-order valence-corrected chi connectivity index (χ3v) is 3.55. The number of fused-ring (bicyclic) bond motifs is 1. The molecule has 1 aliphatic rings. The number of benzene rings is 1. The highest BCUT2D eigenvalue weighted by Crippen LogP contribution is 2.30. The van der Waals surface area contributed by atoms with Crippen molar-refractivity contribution < 1.29 is 4.79 Å². The minimum atomic E-state index is -0.0927. The van der Waals surface area contributed by atoms with Crippen LogP contribution in [-0.2, 0) is 11.2 Å². The van der Waals surface area contributed by atoms with Crippen molar-refractivity contribution >= 4 is 33.1 Å². The molecule has 1 N–H and O–H groups in total. The smallest absolute Gasteiger partial charge is 0.256 e. The maximum Gasteiger partial charge on any atom is 0.256 e. The summed E-state index contributed by atoms with van der Waals surface area (Å²) >= 11 is 3.44. The normalized spacial score (nSPS) is 12.8. The molecule has 0 atom stereocenters. The van der Waals surface area contributed by atoms with Crippen LogP contribution in [0.1, 0.15) is 11.1 Å². The quantitative estimate of drug-likeness (QED) is 0.922. The van der Waals surface area contributed by atoms with Crippen molar-refractivity contribution in [3.05, 3.63) is 64.4 Å². The van der Waals surface area contributed by atoms with Crippen LogP contribution in [-0.4, -0.2) is 10.9 Å². The van der Waals surface area contributed by atoms with Crippen LogP contribution in [0.3, 0.4) is 0 Å². The van der Waals surface area contributed by atoms with Gasteiger partial charge < -0.3 is 5.32 Å². The van der Waals surface area contributed by atoms with Crippen LogP contribution in [0.4, 0.5) is 5.69 Å². The molecule has 1 aromatic carbocycles. The van der Waals surface area contributed by atoms with E-state index in [0.717, 1.165) is 22.0 Å². The van der Waals surface area contributed by atoms with E-state index < -0.39 is 0 Å². The van der Waals surface area contributed by atoms with Crippen LogP contribution in [0, 0.1) is 0 Å². The molecule has 0 spiro atoms. The monoisotopic (exact) mass is 314 g/mol. The number of nitrogens with zero attached hydrogens (tertiary/aromatic N) is 1. The number of amides is 1. The topological polar surface area (TPSA) is 42.0 Å². The van der Waals surface area contributed by atoms with E-state index in [-0.39, 0.29) is 5.91 Å². The zero-order valence-electron chi connectivity index (χ0n) is 10.1. The van der Waals surface area contributed by atoms with Crippen molar-refractivity contribution in [2.24, 2.45) is 0 Å². The summed E-state index contributed by atoms with van der Waals surface area (Å²) in [5, 5.41) is 2.86. The van der Waals surface area contributed by atoms with Gasteiger partial charge in [0.25, 0.3) is 5.91 Å². The molecular formula is C15H11BrN2O. The Morgan fingerprint density at radius 3 is 3.00 bits per heavy atom. The number of carbonyl (C=O) groups excluding carboxylic acids is 1. The van der Waals surface area contributed by atoms with Gasteiger partial charge in [-0.05, 0) is 41.8 Å². The Morgan fingerprint density at radius 2 is 2.21 bits per heavy atom. The first-order valence-electron chi connectivity index (χ1n) is 5.94. The van der Waals surface area contributed by atoms with Crippen molar-refractivity contribution in [1.82, 2.24) is 4.98 Å². The molecule has 3 nitrogen and oxygen atoms in total. The Kier molecular flexibility index (Phi) is 3.17. The molecule has 1 aliphatic carbocycles. The predicted molar refractivity (Wildman–Crippen MR) is 78.7 cm³/mol. The Morgan fingerprint density at radius 1 is 1.32 bits per heavy atom. The second-order valence-electron chi connectivity index (χ2n) is 4.32. The van der Waals surface area contributed by atoms with E-state index in [4.69, 9.17) is 0 Å². The van der Waals surface area contributed by atoms with E-state index in [1.165, 1.54) is 5.56 Å². The minimum absolute atomic E-state index is 0.0927. The molecular weight excluding hydrogens is 304 g/mol. The van der Waals surface area contributed by atoms with Gasteiger partial charge >= 0.3 is 0 Å². The number of anilines is 1. The molecule has 3 rings (SSSR count). The number of hydrogen-bond acceptors (Lipinski definition) is 2. The molecule has 19 heavy (non-hydrogen) atoms. The molecule has 1 heterocycles. The van der Waals surface area contributed by atoms with Crippen LogP contribution in [0.5, 0.6) is 0 Å². The molecule has 4 heteroatoms. The molecule has 0 bridgehead atoms. The molecule has 0 saturated carbocycles. The van der Waals surface area contributed by atoms with Gasteiger partial charge in [-0.3, -0.25) is 9.78 Å². The zero-order chi connectivity index (χ0) is 13.2. The largest absolute Gasteiger partial charge is 0.321 e. The molecule has 94 valence electrons. The minimum Gasteiger partial charge on any atom is -0.321 e. The standard InChI is InChI=1S/C15H11BrN2O/c16-11-5-3-10-4-6-13(14(10)8-11)15(19)18-12-2-1-7-17-9-12/h1-3,5-9H,4H2,(H,18,19). The first-order valence-corrected chi connectivity index (χ1v) is 6.74. The maximum absolute atomic E-state index is 12.3. The van der Waals surface area contributed by atoms with Gasteiger partial charge in [-0.25, -0.2) is 0 Å². The van der Waals surface area contributed by atoms with E-state index >= 15 is 0 Å². The van der Waals surface area contributed by atoms with Gasteiger partial charge in [0.05, 0.1) is 11.9 Å². The Balaban J connectivity index is 1.86. The van der Waals surface area contributed by atoms with Gasteiger partial charge in [0.15, 0.2) is 0 Å². The van der Waals surface area contributed by atoms with Crippen LogP contribution >= 0.6 is 15.9 Å². The summed E-state index contributed by atoms with van der Waals surface area (Å²) in [6, 6.07) is 9.64. The molecule has 0 radical (unpaired) electrons. The van der Waals surface area contributed by atoms with E-state index in [2.05, 4.69) is 26.2 Å². The fourth-order valence-corrected chi connectivity index (χ4v) is 2.51. The summed E-state index contributed by atoms with van der Waals surface area (Å²) in [5.41, 5.74) is 3.60. The number of allylic oxidation sites excluding steroid dienone is 1. The van der Waals surface area contributed by atoms with Crippen molar-refractivity contribution in [1.29, 1.82) is 0 Å². The Bertz CT molecular complexity index is 665. The van der Waals surface area contributed by atoms with Crippen molar-refractivity contribution in [3.63, 3.8) is 0 Å². The second kappa shape index (κ2) is 4.97. The van der Waals surface area contributed by atoms with Crippen molar-refractivity contribution in [2.75, 3.05) is 5.32 Å². The van der Waals surface area contributed by atoms with Crippen LogP contribution in [0.25, 0.3) is 5.57 Å². The van der Waals surface area contributed by atoms with Gasteiger partial charge in [0.1, 0.15) is 0 Å². The highest BCUT2D eigenvalue weighted by Gasteiger charge is 2.20. The zero-order valence-corrected chi connectivity index (χ0v) is 11.6. The number of pyridine rings is 1. The van der Waals surface area contributed by atoms with Gasteiger partial charge in [-0.2, -0.15) is 0 Å². The summed E-state index contributed by atoms with van der Waals surface area (Å²) < 4.78 is 0.980. The Hall–Kier alpha value is -1.94. The van der Waals surface area contributed by atoms with Crippen LogP contribution in [0.15, 0.2) is 53.3 Å². The first kappa shape index (κ1) is 12.1. The SMILES string of the molecule is O=C(Nc1cccnc1)C1=CCc2ccc(Br)cc21. The lowest BCUT2D eigenvalue weighted by Crippen LogP contribution is -2.12. The molecule has 1 amide bonds. The second-order valence-corrected chi connectivity index (χ2v) is 5.23. The number of carbonyl (C=O) groups is 1. The fraction of sp³-hybridized carbons (Fsp3) is 0.0667. The van der Waals surface area contributed by atoms with E-state index in [9.17, 15) is 4.79 Å². The molecule has 0 fully saturated rings. The molecule has 1 aromatic heterocycles. The lowest BCUT2D eigenvalue weighted by Gasteiger charge is -2.07. The summed E-state index contributed by atoms with van der Waals surface area (Å²) in [4.78, 5) is 16.2. The molecule has 0 unspecified atom stereocenters. The number of nitrogens with one attached hydrogen (secondary N) is 1. The summed E-state index contributed by atoms with van der Waals surface area (Å²) in [7, 11) is 0. The van der Waals surface area contributed by atoms with Gasteiger partial charge in [0.2, 0.25) is 0 Å². The third-order valence-electron chi connectivity index (χ3n) is 3.05. The van der Waals surface area contributed by atoms with E-state index in [1.807, 2.05) is 30.3 Å². The first-order chi connectivity index (χ1) is 9.24. The van der Waals surface area contributed by atoms with Crippen LogP contribution < -0.4 is 5.32 Å². The van der Waals surface area contributed by atoms with E-state index in [0.29, 0.717) is 5.69 Å². The lowest BCUT2D eigenvalue weighted by molar-refractivity contribution is -0.111. The molecule has 2 aromatic rings. The maximum atomic E-state index is 12.3. The van der Waals surface area contributed by atoms with Gasteiger partial charge in [-0.1, -0.05) is 28.1 Å². The average Bonchev–Trinajstić information content (AvgIpc) is 2.82. The van der Waals surface area contributed by atoms with Gasteiger partial charge in [-0.15, -0.1) is 0 Å². The van der Waals surface area contributed by atoms with Crippen molar-refractivity contribution in [3.8, 4) is 0 Å².